The smallest absolute Gasteiger partial charge is 0.396 e. The van der Waals surface area contributed by atoms with Crippen molar-refractivity contribution in [2.45, 2.75) is 17.9 Å². The third kappa shape index (κ3) is 3.94. The minimum absolute atomic E-state index is 0.186. The minimum Gasteiger partial charge on any atom is -0.494 e. The molecule has 0 unspecified atom stereocenters. The van der Waals surface area contributed by atoms with E-state index in [1.54, 1.807) is 19.1 Å². The van der Waals surface area contributed by atoms with Gasteiger partial charge in [0.2, 0.25) is 0 Å². The largest absolute Gasteiger partial charge is 0.494 e. The highest BCUT2D eigenvalue weighted by atomic mass is 32.2. The maximum absolute atomic E-state index is 13.5. The number of hydrogen-bond acceptors (Lipinski definition) is 7. The van der Waals surface area contributed by atoms with Gasteiger partial charge in [0.25, 0.3) is 5.22 Å². The first kappa shape index (κ1) is 15.3. The molecule has 0 aliphatic heterocycles. The zero-order valence-electron chi connectivity index (χ0n) is 11.5. The number of carbonyl (C=O) groups excluding carboxylic acids is 1. The molecule has 0 radical (unpaired) electrons. The number of nitrogens with zero attached hydrogens (tertiary/aromatic N) is 2. The van der Waals surface area contributed by atoms with Crippen molar-refractivity contribution in [2.24, 2.45) is 0 Å². The highest BCUT2D eigenvalue weighted by molar-refractivity contribution is 7.98. The second-order valence-corrected chi connectivity index (χ2v) is 4.78. The topological polar surface area (TPSA) is 74.5 Å². The van der Waals surface area contributed by atoms with Crippen LogP contribution in [0.2, 0.25) is 0 Å². The number of halogens is 1. The summed E-state index contributed by atoms with van der Waals surface area (Å²) in [6.45, 7) is 1.91. The summed E-state index contributed by atoms with van der Waals surface area (Å²) < 4.78 is 28.2. The van der Waals surface area contributed by atoms with Crippen LogP contribution in [-0.2, 0) is 10.5 Å². The lowest BCUT2D eigenvalue weighted by Crippen LogP contribution is -2.04. The van der Waals surface area contributed by atoms with Crippen molar-refractivity contribution >= 4 is 17.7 Å². The molecule has 2 aromatic rings. The van der Waals surface area contributed by atoms with Gasteiger partial charge in [0, 0.05) is 5.75 Å². The molecular formula is C13H13FN2O4S. The third-order valence-corrected chi connectivity index (χ3v) is 3.32. The van der Waals surface area contributed by atoms with E-state index in [4.69, 9.17) is 13.9 Å². The summed E-state index contributed by atoms with van der Waals surface area (Å²) in [5, 5.41) is 7.52. The van der Waals surface area contributed by atoms with Crippen LogP contribution < -0.4 is 4.74 Å². The van der Waals surface area contributed by atoms with Crippen molar-refractivity contribution < 1.29 is 23.1 Å². The number of methoxy groups -OCH3 is 1. The number of thioether (sulfide) groups is 1. The minimum atomic E-state index is -0.660. The Morgan fingerprint density at radius 2 is 2.24 bits per heavy atom. The summed E-state index contributed by atoms with van der Waals surface area (Å²) in [4.78, 5) is 11.4. The Kier molecular flexibility index (Phi) is 5.15. The van der Waals surface area contributed by atoms with Gasteiger partial charge in [-0.25, -0.2) is 9.18 Å². The van der Waals surface area contributed by atoms with Crippen LogP contribution in [0.25, 0.3) is 0 Å². The van der Waals surface area contributed by atoms with Crippen LogP contribution in [0, 0.1) is 5.82 Å². The number of esters is 1. The van der Waals surface area contributed by atoms with Crippen molar-refractivity contribution in [2.75, 3.05) is 13.7 Å². The Balaban J connectivity index is 1.97. The number of hydrogen-bond donors (Lipinski definition) is 0. The molecule has 0 amide bonds. The SMILES string of the molecule is CCOC(=O)c1nnc(SCc2ccc(OC)c(F)c2)o1. The van der Waals surface area contributed by atoms with Crippen LogP contribution in [0.4, 0.5) is 4.39 Å². The van der Waals surface area contributed by atoms with Gasteiger partial charge in [0.1, 0.15) is 0 Å². The number of aromatic nitrogens is 2. The third-order valence-electron chi connectivity index (χ3n) is 2.44. The quantitative estimate of drug-likeness (QED) is 0.599. The standard InChI is InChI=1S/C13H13FN2O4S/c1-3-19-12(17)11-15-16-13(20-11)21-7-8-4-5-10(18-2)9(14)6-8/h4-6H,3,7H2,1-2H3. The Morgan fingerprint density at radius 1 is 1.43 bits per heavy atom. The van der Waals surface area contributed by atoms with Gasteiger partial charge >= 0.3 is 11.9 Å². The number of ether oxygens (including phenoxy) is 2. The first-order chi connectivity index (χ1) is 10.1. The van der Waals surface area contributed by atoms with Gasteiger partial charge in [0.05, 0.1) is 13.7 Å². The molecule has 2 rings (SSSR count). The lowest BCUT2D eigenvalue weighted by molar-refractivity contribution is 0.0475. The van der Waals surface area contributed by atoms with Gasteiger partial charge < -0.3 is 13.9 Å². The molecule has 0 saturated carbocycles. The van der Waals surface area contributed by atoms with Gasteiger partial charge in [-0.2, -0.15) is 0 Å². The zero-order chi connectivity index (χ0) is 15.2. The van der Waals surface area contributed by atoms with Crippen LogP contribution in [0.15, 0.2) is 27.8 Å². The molecule has 0 atom stereocenters. The lowest BCUT2D eigenvalue weighted by atomic mass is 10.2. The van der Waals surface area contributed by atoms with Gasteiger partial charge in [-0.05, 0) is 24.6 Å². The molecule has 112 valence electrons. The van der Waals surface area contributed by atoms with Crippen molar-refractivity contribution in [1.82, 2.24) is 10.2 Å². The van der Waals surface area contributed by atoms with E-state index >= 15 is 0 Å². The van der Waals surface area contributed by atoms with Gasteiger partial charge in [0.15, 0.2) is 11.6 Å². The molecule has 0 aliphatic carbocycles. The van der Waals surface area contributed by atoms with E-state index in [2.05, 4.69) is 10.2 Å². The summed E-state index contributed by atoms with van der Waals surface area (Å²) in [5.41, 5.74) is 0.731. The van der Waals surface area contributed by atoms with Crippen molar-refractivity contribution in [3.05, 3.63) is 35.5 Å². The van der Waals surface area contributed by atoms with E-state index in [9.17, 15) is 9.18 Å². The molecule has 1 aromatic heterocycles. The van der Waals surface area contributed by atoms with Crippen molar-refractivity contribution in [1.29, 1.82) is 0 Å². The summed E-state index contributed by atoms with van der Waals surface area (Å²) in [5.74, 6) is -0.683. The average Bonchev–Trinajstić information content (AvgIpc) is 2.94. The van der Waals surface area contributed by atoms with Crippen LogP contribution in [0.3, 0.4) is 0 Å². The normalized spacial score (nSPS) is 10.4. The number of carbonyl (C=O) groups is 1. The molecule has 0 N–H and O–H groups in total. The maximum Gasteiger partial charge on any atom is 0.396 e. The Bertz CT molecular complexity index is 632. The molecular weight excluding hydrogens is 299 g/mol. The van der Waals surface area contributed by atoms with E-state index in [1.165, 1.54) is 24.9 Å². The molecule has 21 heavy (non-hydrogen) atoms. The van der Waals surface area contributed by atoms with Crippen molar-refractivity contribution in [3.63, 3.8) is 0 Å². The summed E-state index contributed by atoms with van der Waals surface area (Å²) in [6.07, 6.45) is 0. The maximum atomic E-state index is 13.5. The summed E-state index contributed by atoms with van der Waals surface area (Å²) in [7, 11) is 1.40. The number of rotatable bonds is 6. The van der Waals surface area contributed by atoms with E-state index < -0.39 is 11.8 Å². The van der Waals surface area contributed by atoms with Crippen LogP contribution in [0.5, 0.6) is 5.75 Å². The van der Waals surface area contributed by atoms with E-state index in [0.717, 1.165) is 5.56 Å². The van der Waals surface area contributed by atoms with Crippen LogP contribution in [0.1, 0.15) is 23.2 Å². The average molecular weight is 312 g/mol. The molecule has 8 heteroatoms. The molecule has 0 aliphatic rings. The van der Waals surface area contributed by atoms with Gasteiger partial charge in [-0.15, -0.1) is 5.10 Å². The predicted molar refractivity (Wildman–Crippen MR) is 72.8 cm³/mol. The van der Waals surface area contributed by atoms with Crippen LogP contribution in [-0.4, -0.2) is 29.9 Å². The van der Waals surface area contributed by atoms with E-state index in [1.807, 2.05) is 0 Å². The predicted octanol–water partition coefficient (Wildman–Crippen LogP) is 2.69. The summed E-state index contributed by atoms with van der Waals surface area (Å²) in [6, 6.07) is 4.65. The molecule has 1 aromatic carbocycles. The fourth-order valence-corrected chi connectivity index (χ4v) is 2.19. The summed E-state index contributed by atoms with van der Waals surface area (Å²) >= 11 is 1.20. The van der Waals surface area contributed by atoms with Gasteiger partial charge in [-0.3, -0.25) is 0 Å². The first-order valence-electron chi connectivity index (χ1n) is 6.10. The van der Waals surface area contributed by atoms with Gasteiger partial charge in [-0.1, -0.05) is 22.9 Å². The molecule has 0 bridgehead atoms. The molecule has 0 fully saturated rings. The number of benzene rings is 1. The monoisotopic (exact) mass is 312 g/mol. The highest BCUT2D eigenvalue weighted by Crippen LogP contribution is 2.24. The second-order valence-electron chi connectivity index (χ2n) is 3.85. The molecule has 6 nitrogen and oxygen atoms in total. The molecule has 1 heterocycles. The first-order valence-corrected chi connectivity index (χ1v) is 7.08. The van der Waals surface area contributed by atoms with E-state index in [-0.39, 0.29) is 23.5 Å². The molecule has 0 saturated heterocycles. The Labute approximate surface area is 124 Å². The molecule has 0 spiro atoms. The Hall–Kier alpha value is -2.09. The lowest BCUT2D eigenvalue weighted by Gasteiger charge is -2.03. The fourth-order valence-electron chi connectivity index (χ4n) is 1.49. The fraction of sp³-hybridized carbons (Fsp3) is 0.308. The second kappa shape index (κ2) is 7.07. The Morgan fingerprint density at radius 3 is 2.90 bits per heavy atom. The highest BCUT2D eigenvalue weighted by Gasteiger charge is 2.16. The zero-order valence-corrected chi connectivity index (χ0v) is 12.3. The van der Waals surface area contributed by atoms with Crippen molar-refractivity contribution in [3.8, 4) is 5.75 Å². The van der Waals surface area contributed by atoms with Crippen LogP contribution >= 0.6 is 11.8 Å². The van der Waals surface area contributed by atoms with E-state index in [0.29, 0.717) is 5.75 Å².